The highest BCUT2D eigenvalue weighted by Gasteiger charge is 2.45. The van der Waals surface area contributed by atoms with E-state index in [0.29, 0.717) is 29.3 Å². The maximum atomic E-state index is 13.2. The fourth-order valence-electron chi connectivity index (χ4n) is 4.04. The molecular formula is C23H20N4O5. The summed E-state index contributed by atoms with van der Waals surface area (Å²) in [6, 6.07) is 14.2. The first-order chi connectivity index (χ1) is 15.5. The van der Waals surface area contributed by atoms with Crippen molar-refractivity contribution in [1.82, 2.24) is 9.91 Å². The molecule has 4 heterocycles. The summed E-state index contributed by atoms with van der Waals surface area (Å²) in [4.78, 5) is 41.5. The molecule has 0 N–H and O–H groups in total. The van der Waals surface area contributed by atoms with Gasteiger partial charge in [0.15, 0.2) is 0 Å². The molecule has 1 saturated heterocycles. The van der Waals surface area contributed by atoms with Gasteiger partial charge >= 0.3 is 6.03 Å². The molecule has 3 aromatic rings. The minimum absolute atomic E-state index is 0.390. The first kappa shape index (κ1) is 19.8. The molecule has 2 atom stereocenters. The van der Waals surface area contributed by atoms with Gasteiger partial charge in [-0.3, -0.25) is 19.4 Å². The number of nitrogens with zero attached hydrogens (tertiary/aromatic N) is 4. The number of carbonyl (C=O) groups is 3. The monoisotopic (exact) mass is 432 g/mol. The van der Waals surface area contributed by atoms with Crippen LogP contribution in [0.5, 0.6) is 0 Å². The Bertz CT molecular complexity index is 1170. The number of benzene rings is 1. The van der Waals surface area contributed by atoms with Gasteiger partial charge in [-0.05, 0) is 43.3 Å². The van der Waals surface area contributed by atoms with E-state index in [4.69, 9.17) is 8.83 Å². The van der Waals surface area contributed by atoms with Crippen LogP contribution in [0.15, 0.2) is 81.1 Å². The summed E-state index contributed by atoms with van der Waals surface area (Å²) in [6.07, 6.45) is 3.45. The topological polar surface area (TPSA) is 99.6 Å². The predicted octanol–water partition coefficient (Wildman–Crippen LogP) is 3.41. The van der Waals surface area contributed by atoms with Crippen molar-refractivity contribution in [1.29, 1.82) is 0 Å². The van der Waals surface area contributed by atoms with Gasteiger partial charge < -0.3 is 8.83 Å². The number of hydrazone groups is 1. The number of amides is 4. The van der Waals surface area contributed by atoms with Crippen LogP contribution >= 0.6 is 0 Å². The maximum Gasteiger partial charge on any atom is 0.332 e. The third kappa shape index (κ3) is 3.27. The van der Waals surface area contributed by atoms with Crippen LogP contribution in [0.1, 0.15) is 30.9 Å². The van der Waals surface area contributed by atoms with Crippen LogP contribution in [0.4, 0.5) is 10.5 Å². The summed E-state index contributed by atoms with van der Waals surface area (Å²) in [5.41, 5.74) is 1.18. The first-order valence-electron chi connectivity index (χ1n) is 10.2. The van der Waals surface area contributed by atoms with E-state index in [1.807, 2.05) is 6.07 Å². The molecule has 2 aliphatic rings. The van der Waals surface area contributed by atoms with Gasteiger partial charge in [0.2, 0.25) is 0 Å². The number of carbonyl (C=O) groups excluding carboxylic acids is 3. The molecule has 0 radical (unpaired) electrons. The Morgan fingerprint density at radius 1 is 1.03 bits per heavy atom. The van der Waals surface area contributed by atoms with E-state index in [9.17, 15) is 14.4 Å². The Hall–Kier alpha value is -4.14. The van der Waals surface area contributed by atoms with E-state index in [1.54, 1.807) is 55.5 Å². The lowest BCUT2D eigenvalue weighted by Gasteiger charge is -2.22. The zero-order valence-corrected chi connectivity index (χ0v) is 17.2. The number of para-hydroxylation sites is 1. The van der Waals surface area contributed by atoms with E-state index >= 15 is 0 Å². The Labute approximate surface area is 183 Å². The molecule has 32 heavy (non-hydrogen) atoms. The average Bonchev–Trinajstić information content (AvgIpc) is 3.59. The molecule has 0 aliphatic carbocycles. The SMILES string of the molecule is CC1C(=O)N(CC(=O)N2N=C(c3ccco3)CC2c2ccco2)C(=O)N1c1ccccc1. The summed E-state index contributed by atoms with van der Waals surface area (Å²) in [5, 5.41) is 5.71. The van der Waals surface area contributed by atoms with Crippen LogP contribution in [0, 0.1) is 0 Å². The molecule has 162 valence electrons. The zero-order valence-electron chi connectivity index (χ0n) is 17.2. The second-order valence-electron chi connectivity index (χ2n) is 7.59. The minimum Gasteiger partial charge on any atom is -0.467 e. The van der Waals surface area contributed by atoms with Gasteiger partial charge in [-0.2, -0.15) is 5.10 Å². The number of rotatable bonds is 5. The Morgan fingerprint density at radius 3 is 2.47 bits per heavy atom. The fraction of sp³-hybridized carbons (Fsp3) is 0.217. The molecule has 1 aromatic carbocycles. The van der Waals surface area contributed by atoms with E-state index < -0.39 is 36.5 Å². The van der Waals surface area contributed by atoms with Gasteiger partial charge in [-0.1, -0.05) is 18.2 Å². The third-order valence-electron chi connectivity index (χ3n) is 5.62. The first-order valence-corrected chi connectivity index (χ1v) is 10.2. The highest BCUT2D eigenvalue weighted by molar-refractivity contribution is 6.15. The van der Waals surface area contributed by atoms with E-state index in [-0.39, 0.29) is 0 Å². The molecule has 4 amide bonds. The largest absolute Gasteiger partial charge is 0.467 e. The molecule has 2 unspecified atom stereocenters. The van der Waals surface area contributed by atoms with Crippen LogP contribution < -0.4 is 4.90 Å². The summed E-state index contributed by atoms with van der Waals surface area (Å²) in [5.74, 6) is 0.184. The molecule has 9 heteroatoms. The van der Waals surface area contributed by atoms with Gasteiger partial charge in [0.05, 0.1) is 12.5 Å². The predicted molar refractivity (Wildman–Crippen MR) is 114 cm³/mol. The quantitative estimate of drug-likeness (QED) is 0.576. The average molecular weight is 432 g/mol. The molecule has 0 saturated carbocycles. The molecule has 2 aromatic heterocycles. The van der Waals surface area contributed by atoms with Crippen molar-refractivity contribution in [2.75, 3.05) is 11.4 Å². The van der Waals surface area contributed by atoms with Gasteiger partial charge in [-0.25, -0.2) is 9.80 Å². The normalized spacial score (nSPS) is 20.9. The standard InChI is InChI=1S/C23H20N4O5/c1-15-22(29)25(23(30)26(15)16-7-3-2-4-8-16)14-21(28)27-18(20-10-6-12-32-20)13-17(24-27)19-9-5-11-31-19/h2-12,15,18H,13-14H2,1H3. The van der Waals surface area contributed by atoms with Crippen molar-refractivity contribution in [2.45, 2.75) is 25.4 Å². The molecule has 0 bridgehead atoms. The minimum atomic E-state index is -0.709. The lowest BCUT2D eigenvalue weighted by molar-refractivity contribution is -0.138. The smallest absolute Gasteiger partial charge is 0.332 e. The van der Waals surface area contributed by atoms with Crippen molar-refractivity contribution in [2.24, 2.45) is 5.10 Å². The summed E-state index contributed by atoms with van der Waals surface area (Å²) in [7, 11) is 0. The van der Waals surface area contributed by atoms with Crippen LogP contribution in [0.2, 0.25) is 0 Å². The van der Waals surface area contributed by atoms with Gasteiger partial charge in [-0.15, -0.1) is 0 Å². The maximum absolute atomic E-state index is 13.2. The van der Waals surface area contributed by atoms with Crippen molar-refractivity contribution < 1.29 is 23.2 Å². The highest BCUT2D eigenvalue weighted by atomic mass is 16.3. The lowest BCUT2D eigenvalue weighted by atomic mass is 10.1. The van der Waals surface area contributed by atoms with Gasteiger partial charge in [0.25, 0.3) is 11.8 Å². The Morgan fingerprint density at radius 2 is 1.78 bits per heavy atom. The van der Waals surface area contributed by atoms with Crippen LogP contribution in [0.25, 0.3) is 0 Å². The van der Waals surface area contributed by atoms with E-state index in [2.05, 4.69) is 5.10 Å². The second-order valence-corrected chi connectivity index (χ2v) is 7.59. The summed E-state index contributed by atoms with van der Waals surface area (Å²) in [6.45, 7) is 1.23. The van der Waals surface area contributed by atoms with Gasteiger partial charge in [0.1, 0.15) is 35.9 Å². The molecule has 2 aliphatic heterocycles. The van der Waals surface area contributed by atoms with E-state index in [1.165, 1.54) is 22.4 Å². The molecule has 9 nitrogen and oxygen atoms in total. The molecule has 1 fully saturated rings. The number of furan rings is 2. The zero-order chi connectivity index (χ0) is 22.2. The van der Waals surface area contributed by atoms with Crippen molar-refractivity contribution >= 4 is 29.2 Å². The third-order valence-corrected chi connectivity index (χ3v) is 5.62. The fourth-order valence-corrected chi connectivity index (χ4v) is 4.04. The van der Waals surface area contributed by atoms with Crippen LogP contribution in [-0.2, 0) is 9.59 Å². The molecule has 5 rings (SSSR count). The number of imide groups is 1. The van der Waals surface area contributed by atoms with Crippen molar-refractivity contribution in [3.8, 4) is 0 Å². The molecular weight excluding hydrogens is 412 g/mol. The Balaban J connectivity index is 1.40. The molecule has 0 spiro atoms. The number of anilines is 1. The number of hydrogen-bond donors (Lipinski definition) is 0. The number of hydrogen-bond acceptors (Lipinski definition) is 6. The number of urea groups is 1. The van der Waals surface area contributed by atoms with E-state index in [0.717, 1.165) is 4.90 Å². The summed E-state index contributed by atoms with van der Waals surface area (Å²) >= 11 is 0. The highest BCUT2D eigenvalue weighted by Crippen LogP contribution is 2.34. The Kier molecular flexibility index (Phi) is 4.85. The lowest BCUT2D eigenvalue weighted by Crippen LogP contribution is -2.42. The van der Waals surface area contributed by atoms with Crippen LogP contribution in [-0.4, -0.2) is 46.1 Å². The second kappa shape index (κ2) is 7.84. The van der Waals surface area contributed by atoms with Crippen LogP contribution in [0.3, 0.4) is 0 Å². The van der Waals surface area contributed by atoms with Crippen molar-refractivity contribution in [3.05, 3.63) is 78.6 Å². The summed E-state index contributed by atoms with van der Waals surface area (Å²) < 4.78 is 10.9. The van der Waals surface area contributed by atoms with Crippen molar-refractivity contribution in [3.63, 3.8) is 0 Å². The van der Waals surface area contributed by atoms with Gasteiger partial charge in [0, 0.05) is 12.1 Å².